The van der Waals surface area contributed by atoms with Crippen LogP contribution in [-0.4, -0.2) is 19.8 Å². The fourth-order valence-corrected chi connectivity index (χ4v) is 2.23. The van der Waals surface area contributed by atoms with Gasteiger partial charge in [0.1, 0.15) is 17.4 Å². The van der Waals surface area contributed by atoms with Gasteiger partial charge in [-0.25, -0.2) is 0 Å². The Morgan fingerprint density at radius 2 is 2.04 bits per heavy atom. The van der Waals surface area contributed by atoms with Crippen LogP contribution in [0.5, 0.6) is 17.2 Å². The van der Waals surface area contributed by atoms with Gasteiger partial charge in [-0.1, -0.05) is 12.1 Å². The number of benzene rings is 2. The molecule has 0 saturated heterocycles. The van der Waals surface area contributed by atoms with Crippen LogP contribution in [0.3, 0.4) is 0 Å². The Balaban J connectivity index is 1.72. The molecule has 1 heterocycles. The number of amides is 1. The molecular formula is C18H15N3O4. The molecule has 0 fully saturated rings. The number of hydrogen-bond donors (Lipinski definition) is 2. The molecule has 2 aromatic rings. The summed E-state index contributed by atoms with van der Waals surface area (Å²) in [5.41, 5.74) is 1.07. The number of nitrogens with one attached hydrogen (secondary N) is 2. The summed E-state index contributed by atoms with van der Waals surface area (Å²) in [6.07, 6.45) is 1.34. The minimum atomic E-state index is -0.541. The molecule has 25 heavy (non-hydrogen) atoms. The monoisotopic (exact) mass is 337 g/mol. The standard InChI is InChI=1S/C18H15N3O4/c1-23-15-5-3-2-4-14(15)21-18(22)12(9-19)10-20-13-6-7-16-17(8-13)25-11-24-16/h2-8,10,20H,11H2,1H3,(H,21,22)/b12-10-. The first kappa shape index (κ1) is 16.2. The number of rotatable bonds is 5. The second-order valence-corrected chi connectivity index (χ2v) is 5.04. The van der Waals surface area contributed by atoms with Gasteiger partial charge in [0.15, 0.2) is 11.5 Å². The number of carbonyl (C=O) groups excluding carboxylic acids is 1. The zero-order valence-electron chi connectivity index (χ0n) is 13.4. The molecule has 7 nitrogen and oxygen atoms in total. The fraction of sp³-hybridized carbons (Fsp3) is 0.111. The molecular weight excluding hydrogens is 322 g/mol. The first-order chi connectivity index (χ1) is 12.2. The Labute approximate surface area is 144 Å². The maximum atomic E-state index is 12.3. The van der Waals surface area contributed by atoms with Crippen molar-refractivity contribution in [1.82, 2.24) is 0 Å². The van der Waals surface area contributed by atoms with Crippen LogP contribution >= 0.6 is 0 Å². The first-order valence-electron chi connectivity index (χ1n) is 7.42. The zero-order valence-corrected chi connectivity index (χ0v) is 13.4. The van der Waals surface area contributed by atoms with Gasteiger partial charge in [-0.05, 0) is 24.3 Å². The second kappa shape index (κ2) is 7.27. The van der Waals surface area contributed by atoms with Crippen LogP contribution < -0.4 is 24.8 Å². The summed E-state index contributed by atoms with van der Waals surface area (Å²) in [5.74, 6) is 1.23. The van der Waals surface area contributed by atoms with E-state index < -0.39 is 5.91 Å². The van der Waals surface area contributed by atoms with Gasteiger partial charge in [0.05, 0.1) is 12.8 Å². The summed E-state index contributed by atoms with van der Waals surface area (Å²) in [5, 5.41) is 14.8. The van der Waals surface area contributed by atoms with E-state index in [1.54, 1.807) is 42.5 Å². The van der Waals surface area contributed by atoms with Crippen molar-refractivity contribution in [2.45, 2.75) is 0 Å². The van der Waals surface area contributed by atoms with E-state index in [0.29, 0.717) is 28.6 Å². The SMILES string of the molecule is COc1ccccc1NC(=O)/C(C#N)=C\Nc1ccc2c(c1)OCO2. The normalized spacial score (nSPS) is 12.2. The van der Waals surface area contributed by atoms with Gasteiger partial charge < -0.3 is 24.8 Å². The summed E-state index contributed by atoms with van der Waals surface area (Å²) in [7, 11) is 1.51. The highest BCUT2D eigenvalue weighted by Crippen LogP contribution is 2.34. The molecule has 2 aromatic carbocycles. The van der Waals surface area contributed by atoms with Crippen LogP contribution in [0, 0.1) is 11.3 Å². The van der Waals surface area contributed by atoms with Gasteiger partial charge in [-0.2, -0.15) is 5.26 Å². The smallest absolute Gasteiger partial charge is 0.267 e. The van der Waals surface area contributed by atoms with E-state index in [0.717, 1.165) is 0 Å². The lowest BCUT2D eigenvalue weighted by molar-refractivity contribution is -0.112. The number of nitriles is 1. The van der Waals surface area contributed by atoms with Crippen molar-refractivity contribution in [2.75, 3.05) is 24.5 Å². The summed E-state index contributed by atoms with van der Waals surface area (Å²) < 4.78 is 15.7. The first-order valence-corrected chi connectivity index (χ1v) is 7.42. The van der Waals surface area contributed by atoms with Gasteiger partial charge in [0, 0.05) is 18.0 Å². The molecule has 0 spiro atoms. The largest absolute Gasteiger partial charge is 0.495 e. The van der Waals surface area contributed by atoms with Crippen LogP contribution in [0.15, 0.2) is 54.2 Å². The molecule has 2 N–H and O–H groups in total. The Morgan fingerprint density at radius 3 is 2.84 bits per heavy atom. The van der Waals surface area contributed by atoms with Crippen LogP contribution in [0.1, 0.15) is 0 Å². The molecule has 1 aliphatic heterocycles. The van der Waals surface area contributed by atoms with E-state index >= 15 is 0 Å². The van der Waals surface area contributed by atoms with Crippen molar-refractivity contribution in [3.8, 4) is 23.3 Å². The van der Waals surface area contributed by atoms with E-state index in [4.69, 9.17) is 14.2 Å². The molecule has 0 atom stereocenters. The minimum absolute atomic E-state index is 0.0800. The quantitative estimate of drug-likeness (QED) is 0.644. The molecule has 126 valence electrons. The third-order valence-corrected chi connectivity index (χ3v) is 3.48. The topological polar surface area (TPSA) is 92.6 Å². The number of fused-ring (bicyclic) bond motifs is 1. The lowest BCUT2D eigenvalue weighted by Crippen LogP contribution is -2.15. The lowest BCUT2D eigenvalue weighted by atomic mass is 10.2. The molecule has 0 saturated carbocycles. The maximum Gasteiger partial charge on any atom is 0.267 e. The van der Waals surface area contributed by atoms with E-state index in [1.807, 2.05) is 6.07 Å². The van der Waals surface area contributed by atoms with Crippen molar-refractivity contribution in [2.24, 2.45) is 0 Å². The number of hydrogen-bond acceptors (Lipinski definition) is 6. The highest BCUT2D eigenvalue weighted by atomic mass is 16.7. The van der Waals surface area contributed by atoms with Gasteiger partial charge in [0.2, 0.25) is 6.79 Å². The van der Waals surface area contributed by atoms with Crippen molar-refractivity contribution in [3.63, 3.8) is 0 Å². The Hall–Kier alpha value is -3.66. The molecule has 0 radical (unpaired) electrons. The van der Waals surface area contributed by atoms with Crippen molar-refractivity contribution in [3.05, 3.63) is 54.2 Å². The summed E-state index contributed by atoms with van der Waals surface area (Å²) in [4.78, 5) is 12.3. The third kappa shape index (κ3) is 3.64. The Morgan fingerprint density at radius 1 is 1.24 bits per heavy atom. The molecule has 1 amide bonds. The van der Waals surface area contributed by atoms with Gasteiger partial charge in [-0.15, -0.1) is 0 Å². The minimum Gasteiger partial charge on any atom is -0.495 e. The van der Waals surface area contributed by atoms with Crippen LogP contribution in [0.25, 0.3) is 0 Å². The zero-order chi connectivity index (χ0) is 17.6. The van der Waals surface area contributed by atoms with Crippen molar-refractivity contribution in [1.29, 1.82) is 5.26 Å². The van der Waals surface area contributed by atoms with Gasteiger partial charge in [-0.3, -0.25) is 4.79 Å². The van der Waals surface area contributed by atoms with E-state index in [9.17, 15) is 10.1 Å². The van der Waals surface area contributed by atoms with E-state index in [-0.39, 0.29) is 12.4 Å². The third-order valence-electron chi connectivity index (χ3n) is 3.48. The summed E-state index contributed by atoms with van der Waals surface area (Å²) in [6.45, 7) is 0.180. The Kier molecular flexibility index (Phi) is 4.72. The van der Waals surface area contributed by atoms with Crippen molar-refractivity contribution < 1.29 is 19.0 Å². The second-order valence-electron chi connectivity index (χ2n) is 5.04. The van der Waals surface area contributed by atoms with E-state index in [1.165, 1.54) is 13.3 Å². The molecule has 0 aliphatic carbocycles. The number of para-hydroxylation sites is 2. The fourth-order valence-electron chi connectivity index (χ4n) is 2.23. The van der Waals surface area contributed by atoms with E-state index in [2.05, 4.69) is 10.6 Å². The predicted molar refractivity (Wildman–Crippen MR) is 91.5 cm³/mol. The number of anilines is 2. The van der Waals surface area contributed by atoms with Gasteiger partial charge in [0.25, 0.3) is 5.91 Å². The molecule has 1 aliphatic rings. The average molecular weight is 337 g/mol. The Bertz CT molecular complexity index is 871. The number of methoxy groups -OCH3 is 1. The van der Waals surface area contributed by atoms with Crippen LogP contribution in [0.4, 0.5) is 11.4 Å². The number of ether oxygens (including phenoxy) is 3. The highest BCUT2D eigenvalue weighted by Gasteiger charge is 2.14. The summed E-state index contributed by atoms with van der Waals surface area (Å²) >= 11 is 0. The average Bonchev–Trinajstić information content (AvgIpc) is 3.10. The molecule has 0 bridgehead atoms. The molecule has 0 aromatic heterocycles. The predicted octanol–water partition coefficient (Wildman–Crippen LogP) is 2.88. The van der Waals surface area contributed by atoms with Crippen LogP contribution in [-0.2, 0) is 4.79 Å². The summed E-state index contributed by atoms with van der Waals surface area (Å²) in [6, 6.07) is 14.1. The highest BCUT2D eigenvalue weighted by molar-refractivity contribution is 6.07. The molecule has 0 unspecified atom stereocenters. The number of nitrogens with zero attached hydrogens (tertiary/aromatic N) is 1. The van der Waals surface area contributed by atoms with Gasteiger partial charge >= 0.3 is 0 Å². The van der Waals surface area contributed by atoms with Crippen LogP contribution in [0.2, 0.25) is 0 Å². The lowest BCUT2D eigenvalue weighted by Gasteiger charge is -2.09. The maximum absolute atomic E-state index is 12.3. The number of carbonyl (C=O) groups is 1. The molecule has 3 rings (SSSR count). The van der Waals surface area contributed by atoms with Crippen molar-refractivity contribution >= 4 is 17.3 Å². The molecule has 7 heteroatoms.